The first-order valence-electron chi connectivity index (χ1n) is 6.35. The molecule has 0 aliphatic rings. The van der Waals surface area contributed by atoms with Gasteiger partial charge in [0.2, 0.25) is 0 Å². The van der Waals surface area contributed by atoms with E-state index < -0.39 is 17.6 Å². The van der Waals surface area contributed by atoms with Gasteiger partial charge in [-0.15, -0.1) is 0 Å². The summed E-state index contributed by atoms with van der Waals surface area (Å²) in [6.45, 7) is 2.81. The lowest BCUT2D eigenvalue weighted by Crippen LogP contribution is -2.19. The van der Waals surface area contributed by atoms with Crippen LogP contribution in [0.1, 0.15) is 10.4 Å². The van der Waals surface area contributed by atoms with Crippen molar-refractivity contribution in [1.29, 1.82) is 0 Å². The Morgan fingerprint density at radius 2 is 1.96 bits per heavy atom. The average molecular weight is 339 g/mol. The number of rotatable bonds is 5. The molecule has 7 nitrogen and oxygen atoms in total. The molecule has 0 saturated heterocycles. The molecule has 1 aromatic heterocycles. The van der Waals surface area contributed by atoms with Crippen molar-refractivity contribution in [3.63, 3.8) is 0 Å². The quantitative estimate of drug-likeness (QED) is 0.385. The molecule has 0 fully saturated rings. The summed E-state index contributed by atoms with van der Waals surface area (Å²) in [5.41, 5.74) is -1.19. The smallest absolute Gasteiger partial charge is 0.351 e. The summed E-state index contributed by atoms with van der Waals surface area (Å²) in [4.78, 5) is 34.4. The van der Waals surface area contributed by atoms with Gasteiger partial charge in [0.25, 0.3) is 0 Å². The molecule has 23 heavy (non-hydrogen) atoms. The lowest BCUT2D eigenvalue weighted by Gasteiger charge is -2.05. The van der Waals surface area contributed by atoms with Crippen LogP contribution in [0.3, 0.4) is 0 Å². The Kier molecular flexibility index (Phi) is 5.02. The number of hydrogen-bond acceptors (Lipinski definition) is 7. The van der Waals surface area contributed by atoms with E-state index in [1.807, 2.05) is 0 Å². The lowest BCUT2D eigenvalue weighted by molar-refractivity contribution is -0.138. The van der Waals surface area contributed by atoms with Gasteiger partial charge in [0.1, 0.15) is 30.1 Å². The number of aromatic hydroxyl groups is 1. The number of hydrogen-bond donors (Lipinski definition) is 1. The Morgan fingerprint density at radius 3 is 2.65 bits per heavy atom. The molecule has 0 bridgehead atoms. The minimum absolute atomic E-state index is 0.0435. The van der Waals surface area contributed by atoms with E-state index in [0.717, 1.165) is 6.08 Å². The van der Waals surface area contributed by atoms with Crippen molar-refractivity contribution in [3.8, 4) is 5.75 Å². The highest BCUT2D eigenvalue weighted by Gasteiger charge is 2.16. The third kappa shape index (κ3) is 3.89. The number of ether oxygens (including phenoxy) is 2. The monoisotopic (exact) mass is 338 g/mol. The van der Waals surface area contributed by atoms with E-state index in [1.54, 1.807) is 0 Å². The third-order valence-electron chi connectivity index (χ3n) is 2.75. The summed E-state index contributed by atoms with van der Waals surface area (Å²) < 4.78 is 14.4. The number of benzene rings is 1. The normalized spacial score (nSPS) is 10.3. The Hall–Kier alpha value is -2.80. The molecule has 1 aromatic carbocycles. The summed E-state index contributed by atoms with van der Waals surface area (Å²) in [5.74, 6) is -1.83. The van der Waals surface area contributed by atoms with Crippen LogP contribution in [0, 0.1) is 0 Å². The second kappa shape index (κ2) is 6.97. The summed E-state index contributed by atoms with van der Waals surface area (Å²) in [6.07, 6.45) is 0.971. The number of halogens is 1. The van der Waals surface area contributed by atoms with Crippen LogP contribution < -0.4 is 5.63 Å². The van der Waals surface area contributed by atoms with E-state index in [2.05, 4.69) is 11.3 Å². The highest BCUT2D eigenvalue weighted by molar-refractivity contribution is 6.32. The van der Waals surface area contributed by atoms with Crippen LogP contribution in [-0.4, -0.2) is 30.3 Å². The minimum atomic E-state index is -0.931. The van der Waals surface area contributed by atoms with Crippen molar-refractivity contribution in [2.45, 2.75) is 0 Å². The van der Waals surface area contributed by atoms with Crippen molar-refractivity contribution in [1.82, 2.24) is 0 Å². The number of carbonyl (C=O) groups is 2. The first-order valence-corrected chi connectivity index (χ1v) is 6.73. The van der Waals surface area contributed by atoms with E-state index >= 15 is 0 Å². The molecule has 0 atom stereocenters. The summed E-state index contributed by atoms with van der Waals surface area (Å²) in [7, 11) is 0. The fourth-order valence-electron chi connectivity index (χ4n) is 1.68. The third-order valence-corrected chi connectivity index (χ3v) is 3.05. The van der Waals surface area contributed by atoms with Gasteiger partial charge in [0.15, 0.2) is 0 Å². The molecule has 120 valence electrons. The standard InChI is InChI=1S/C15H11ClO7/c1-2-13(18)21-3-4-22-14(19)9-5-8-6-10(16)11(17)7-12(8)23-15(9)20/h2,5-7,17H,1,3-4H2. The number of fused-ring (bicyclic) bond motifs is 1. The predicted molar refractivity (Wildman–Crippen MR) is 80.6 cm³/mol. The van der Waals surface area contributed by atoms with Crippen LogP contribution in [0.25, 0.3) is 11.0 Å². The van der Waals surface area contributed by atoms with Gasteiger partial charge in [-0.25, -0.2) is 14.4 Å². The lowest BCUT2D eigenvalue weighted by atomic mass is 10.2. The predicted octanol–water partition coefficient (Wildman–Crippen LogP) is 2.04. The van der Waals surface area contributed by atoms with Crippen LogP contribution in [0.5, 0.6) is 5.75 Å². The van der Waals surface area contributed by atoms with E-state index in [4.69, 9.17) is 20.8 Å². The van der Waals surface area contributed by atoms with Crippen molar-refractivity contribution >= 4 is 34.5 Å². The highest BCUT2D eigenvalue weighted by atomic mass is 35.5. The van der Waals surface area contributed by atoms with Crippen LogP contribution >= 0.6 is 11.6 Å². The summed E-state index contributed by atoms with van der Waals surface area (Å²) in [5, 5.41) is 9.85. The Bertz CT molecular complexity index is 838. The maximum absolute atomic E-state index is 11.9. The molecule has 0 aliphatic heterocycles. The van der Waals surface area contributed by atoms with Gasteiger partial charge < -0.3 is 19.0 Å². The van der Waals surface area contributed by atoms with Gasteiger partial charge in [-0.3, -0.25) is 0 Å². The molecule has 1 N–H and O–H groups in total. The van der Waals surface area contributed by atoms with Crippen molar-refractivity contribution in [2.75, 3.05) is 13.2 Å². The summed E-state index contributed by atoms with van der Waals surface area (Å²) >= 11 is 5.76. The first kappa shape index (κ1) is 16.6. The minimum Gasteiger partial charge on any atom is -0.506 e. The molecular weight excluding hydrogens is 328 g/mol. The molecule has 0 unspecified atom stereocenters. The Morgan fingerprint density at radius 1 is 1.26 bits per heavy atom. The Balaban J connectivity index is 2.15. The Labute approximate surface area is 134 Å². The zero-order chi connectivity index (χ0) is 17.0. The van der Waals surface area contributed by atoms with Crippen molar-refractivity contribution < 1.29 is 28.6 Å². The van der Waals surface area contributed by atoms with Crippen molar-refractivity contribution in [2.24, 2.45) is 0 Å². The van der Waals surface area contributed by atoms with E-state index in [1.165, 1.54) is 18.2 Å². The van der Waals surface area contributed by atoms with Gasteiger partial charge in [0.05, 0.1) is 5.02 Å². The maximum Gasteiger partial charge on any atom is 0.351 e. The van der Waals surface area contributed by atoms with Crippen LogP contribution in [0.4, 0.5) is 0 Å². The first-order chi connectivity index (χ1) is 10.9. The molecule has 0 spiro atoms. The molecule has 8 heteroatoms. The molecular formula is C15H11ClO7. The van der Waals surface area contributed by atoms with Gasteiger partial charge in [-0.1, -0.05) is 18.2 Å². The molecule has 1 heterocycles. The topological polar surface area (TPSA) is 103 Å². The zero-order valence-electron chi connectivity index (χ0n) is 11.7. The molecule has 2 rings (SSSR count). The number of carbonyl (C=O) groups excluding carboxylic acids is 2. The van der Waals surface area contributed by atoms with E-state index in [0.29, 0.717) is 5.39 Å². The van der Waals surface area contributed by atoms with Crippen molar-refractivity contribution in [3.05, 3.63) is 51.9 Å². The molecule has 0 saturated carbocycles. The highest BCUT2D eigenvalue weighted by Crippen LogP contribution is 2.28. The van der Waals surface area contributed by atoms with Crippen LogP contribution in [0.15, 0.2) is 40.1 Å². The largest absolute Gasteiger partial charge is 0.506 e. The zero-order valence-corrected chi connectivity index (χ0v) is 12.5. The second-order valence-corrected chi connectivity index (χ2v) is 4.70. The fraction of sp³-hybridized carbons (Fsp3) is 0.133. The average Bonchev–Trinajstić information content (AvgIpc) is 2.52. The number of esters is 2. The molecule has 0 radical (unpaired) electrons. The number of phenolic OH excluding ortho intramolecular Hbond substituents is 1. The van der Waals surface area contributed by atoms with Crippen LogP contribution in [-0.2, 0) is 14.3 Å². The van der Waals surface area contributed by atoms with Gasteiger partial charge in [-0.05, 0) is 12.1 Å². The van der Waals surface area contributed by atoms with Gasteiger partial charge in [0, 0.05) is 17.5 Å². The van der Waals surface area contributed by atoms with Gasteiger partial charge >= 0.3 is 17.6 Å². The van der Waals surface area contributed by atoms with E-state index in [-0.39, 0.29) is 35.1 Å². The fourth-order valence-corrected chi connectivity index (χ4v) is 1.86. The molecule has 2 aromatic rings. The second-order valence-electron chi connectivity index (χ2n) is 4.30. The summed E-state index contributed by atoms with van der Waals surface area (Å²) in [6, 6.07) is 3.76. The SMILES string of the molecule is C=CC(=O)OCCOC(=O)c1cc2cc(Cl)c(O)cc2oc1=O. The van der Waals surface area contributed by atoms with Crippen LogP contribution in [0.2, 0.25) is 5.02 Å². The number of phenols is 1. The van der Waals surface area contributed by atoms with Gasteiger partial charge in [-0.2, -0.15) is 0 Å². The maximum atomic E-state index is 11.9. The van der Waals surface area contributed by atoms with E-state index in [9.17, 15) is 19.5 Å². The molecule has 0 aliphatic carbocycles. The molecule has 0 amide bonds.